The zero-order valence-corrected chi connectivity index (χ0v) is 16.1. The molecule has 7 heteroatoms. The van der Waals surface area contributed by atoms with Gasteiger partial charge in [-0.3, -0.25) is 0 Å². The van der Waals surface area contributed by atoms with Gasteiger partial charge < -0.3 is 9.84 Å². The first-order chi connectivity index (χ1) is 13.3. The second-order valence-electron chi connectivity index (χ2n) is 7.24. The Morgan fingerprint density at radius 3 is 2.64 bits per heavy atom. The highest BCUT2D eigenvalue weighted by atomic mass is 32.2. The predicted octanol–water partition coefficient (Wildman–Crippen LogP) is 3.08. The molecule has 0 saturated heterocycles. The molecule has 2 aromatic rings. The second-order valence-corrected chi connectivity index (χ2v) is 8.95. The lowest BCUT2D eigenvalue weighted by Crippen LogP contribution is -2.37. The molecule has 0 bridgehead atoms. The number of hydrogen-bond donors (Lipinski definition) is 2. The van der Waals surface area contributed by atoms with Crippen molar-refractivity contribution in [1.82, 2.24) is 4.72 Å². The molecule has 3 unspecified atom stereocenters. The van der Waals surface area contributed by atoms with Crippen molar-refractivity contribution in [3.63, 3.8) is 0 Å². The molecule has 1 heterocycles. The molecule has 1 aliphatic carbocycles. The molecular formula is C21H21NO5S. The number of carboxylic acids is 1. The maximum absolute atomic E-state index is 12.8. The minimum atomic E-state index is -3.63. The van der Waals surface area contributed by atoms with Gasteiger partial charge in [-0.05, 0) is 38.0 Å². The van der Waals surface area contributed by atoms with E-state index in [1.165, 1.54) is 6.08 Å². The van der Waals surface area contributed by atoms with Crippen LogP contribution in [0, 0.1) is 6.92 Å². The summed E-state index contributed by atoms with van der Waals surface area (Å²) >= 11 is 0. The molecule has 2 aliphatic rings. The number of aliphatic carboxylic acids is 1. The Balaban J connectivity index is 1.62. The van der Waals surface area contributed by atoms with Crippen molar-refractivity contribution in [1.29, 1.82) is 0 Å². The molecule has 0 spiro atoms. The SMILES string of the molecule is Cc1ccc(S(=O)(=O)NC2CCC3Oc4c(/C=C/C(=O)O)cccc4C23)cc1. The Labute approximate surface area is 163 Å². The van der Waals surface area contributed by atoms with E-state index in [1.54, 1.807) is 30.3 Å². The number of aryl methyl sites for hydroxylation is 1. The molecule has 6 nitrogen and oxygen atoms in total. The van der Waals surface area contributed by atoms with Crippen LogP contribution in [0.3, 0.4) is 0 Å². The number of carbonyl (C=O) groups is 1. The number of fused-ring (bicyclic) bond motifs is 3. The third-order valence-corrected chi connectivity index (χ3v) is 6.85. The summed E-state index contributed by atoms with van der Waals surface area (Å²) in [5, 5.41) is 8.88. The molecule has 2 N–H and O–H groups in total. The van der Waals surface area contributed by atoms with Gasteiger partial charge in [-0.2, -0.15) is 0 Å². The summed E-state index contributed by atoms with van der Waals surface area (Å²) in [5.41, 5.74) is 2.61. The minimum Gasteiger partial charge on any atom is -0.489 e. The standard InChI is InChI=1S/C21H21NO5S/c1-13-5-8-15(9-6-13)28(25,26)22-17-10-11-18-20(17)16-4-2-3-14(21(16)27-18)7-12-19(23)24/h2-9,12,17-18,20,22H,10-11H2,1H3,(H,23,24)/b12-7+. The minimum absolute atomic E-state index is 0.0894. The lowest BCUT2D eigenvalue weighted by Gasteiger charge is -2.19. The van der Waals surface area contributed by atoms with Crippen LogP contribution in [0.4, 0.5) is 0 Å². The summed E-state index contributed by atoms with van der Waals surface area (Å²) in [6, 6.07) is 12.1. The Bertz CT molecular complexity index is 1040. The molecule has 28 heavy (non-hydrogen) atoms. The van der Waals surface area contributed by atoms with Crippen LogP contribution in [-0.2, 0) is 14.8 Å². The van der Waals surface area contributed by atoms with Crippen LogP contribution in [0.25, 0.3) is 6.08 Å². The van der Waals surface area contributed by atoms with Crippen molar-refractivity contribution < 1.29 is 23.1 Å². The van der Waals surface area contributed by atoms with Gasteiger partial charge in [-0.25, -0.2) is 17.9 Å². The maximum atomic E-state index is 12.8. The quantitative estimate of drug-likeness (QED) is 0.754. The highest BCUT2D eigenvalue weighted by Crippen LogP contribution is 2.49. The predicted molar refractivity (Wildman–Crippen MR) is 105 cm³/mol. The van der Waals surface area contributed by atoms with Gasteiger partial charge in [0.25, 0.3) is 0 Å². The number of carboxylic acid groups (broad SMARTS) is 1. The summed E-state index contributed by atoms with van der Waals surface area (Å²) in [6.07, 6.45) is 3.90. The fourth-order valence-corrected chi connectivity index (χ4v) is 5.34. The van der Waals surface area contributed by atoms with E-state index >= 15 is 0 Å². The monoisotopic (exact) mass is 399 g/mol. The molecule has 0 amide bonds. The van der Waals surface area contributed by atoms with Gasteiger partial charge in [0.2, 0.25) is 10.0 Å². The van der Waals surface area contributed by atoms with E-state index in [-0.39, 0.29) is 23.0 Å². The smallest absolute Gasteiger partial charge is 0.328 e. The fraction of sp³-hybridized carbons (Fsp3) is 0.286. The summed E-state index contributed by atoms with van der Waals surface area (Å²) in [5.74, 6) is -0.470. The highest BCUT2D eigenvalue weighted by molar-refractivity contribution is 7.89. The van der Waals surface area contributed by atoms with Crippen LogP contribution >= 0.6 is 0 Å². The molecule has 1 aliphatic heterocycles. The summed E-state index contributed by atoms with van der Waals surface area (Å²) in [6.45, 7) is 1.91. The topological polar surface area (TPSA) is 92.7 Å². The number of sulfonamides is 1. The van der Waals surface area contributed by atoms with Crippen LogP contribution < -0.4 is 9.46 Å². The van der Waals surface area contributed by atoms with Gasteiger partial charge in [0.15, 0.2) is 0 Å². The third kappa shape index (κ3) is 3.43. The Kier molecular flexibility index (Phi) is 4.72. The lowest BCUT2D eigenvalue weighted by molar-refractivity contribution is -0.131. The molecule has 2 aromatic carbocycles. The third-order valence-electron chi connectivity index (χ3n) is 5.34. The molecule has 146 valence electrons. The number of para-hydroxylation sites is 1. The van der Waals surface area contributed by atoms with E-state index in [1.807, 2.05) is 19.1 Å². The molecule has 1 saturated carbocycles. The van der Waals surface area contributed by atoms with Crippen molar-refractivity contribution in [2.24, 2.45) is 0 Å². The second kappa shape index (κ2) is 7.07. The van der Waals surface area contributed by atoms with Crippen LogP contribution in [0.1, 0.15) is 35.4 Å². The average molecular weight is 399 g/mol. The van der Waals surface area contributed by atoms with Gasteiger partial charge in [0.05, 0.1) is 4.90 Å². The van der Waals surface area contributed by atoms with Crippen molar-refractivity contribution in [2.45, 2.75) is 42.7 Å². The molecule has 0 aromatic heterocycles. The van der Waals surface area contributed by atoms with E-state index in [4.69, 9.17) is 9.84 Å². The first kappa shape index (κ1) is 18.7. The molecule has 4 rings (SSSR count). The Morgan fingerprint density at radius 2 is 1.93 bits per heavy atom. The Morgan fingerprint density at radius 1 is 1.18 bits per heavy atom. The van der Waals surface area contributed by atoms with Crippen LogP contribution in [-0.4, -0.2) is 31.6 Å². The number of ether oxygens (including phenoxy) is 1. The van der Waals surface area contributed by atoms with E-state index in [0.717, 1.165) is 23.6 Å². The largest absolute Gasteiger partial charge is 0.489 e. The molecule has 3 atom stereocenters. The van der Waals surface area contributed by atoms with Crippen LogP contribution in [0.15, 0.2) is 53.4 Å². The first-order valence-corrected chi connectivity index (χ1v) is 10.6. The number of benzene rings is 2. The number of rotatable bonds is 5. The zero-order valence-electron chi connectivity index (χ0n) is 15.3. The maximum Gasteiger partial charge on any atom is 0.328 e. The van der Waals surface area contributed by atoms with E-state index in [9.17, 15) is 13.2 Å². The van der Waals surface area contributed by atoms with Crippen LogP contribution in [0.2, 0.25) is 0 Å². The summed E-state index contributed by atoms with van der Waals surface area (Å²) < 4.78 is 34.6. The normalized spacial score (nSPS) is 23.4. The van der Waals surface area contributed by atoms with Gasteiger partial charge in [0, 0.05) is 29.2 Å². The van der Waals surface area contributed by atoms with Gasteiger partial charge in [-0.15, -0.1) is 0 Å². The zero-order chi connectivity index (χ0) is 19.9. The summed E-state index contributed by atoms with van der Waals surface area (Å²) in [7, 11) is -3.63. The number of nitrogens with one attached hydrogen (secondary N) is 1. The van der Waals surface area contributed by atoms with Crippen molar-refractivity contribution in [2.75, 3.05) is 0 Å². The Hall–Kier alpha value is -2.64. The average Bonchev–Trinajstić information content (AvgIpc) is 3.20. The van der Waals surface area contributed by atoms with E-state index in [0.29, 0.717) is 17.7 Å². The van der Waals surface area contributed by atoms with Gasteiger partial charge in [-0.1, -0.05) is 35.9 Å². The van der Waals surface area contributed by atoms with Crippen LogP contribution in [0.5, 0.6) is 5.75 Å². The first-order valence-electron chi connectivity index (χ1n) is 9.15. The molecule has 0 radical (unpaired) electrons. The van der Waals surface area contributed by atoms with Crippen molar-refractivity contribution in [3.05, 3.63) is 65.2 Å². The number of hydrogen-bond acceptors (Lipinski definition) is 4. The fourth-order valence-electron chi connectivity index (χ4n) is 4.04. The lowest BCUT2D eigenvalue weighted by atomic mass is 9.93. The van der Waals surface area contributed by atoms with Crippen molar-refractivity contribution >= 4 is 22.1 Å². The molecular weight excluding hydrogens is 378 g/mol. The van der Waals surface area contributed by atoms with E-state index in [2.05, 4.69) is 4.72 Å². The van der Waals surface area contributed by atoms with Crippen molar-refractivity contribution in [3.8, 4) is 5.75 Å². The van der Waals surface area contributed by atoms with Gasteiger partial charge >= 0.3 is 5.97 Å². The summed E-state index contributed by atoms with van der Waals surface area (Å²) in [4.78, 5) is 11.1. The van der Waals surface area contributed by atoms with E-state index < -0.39 is 16.0 Å². The molecule has 1 fully saturated rings. The van der Waals surface area contributed by atoms with Gasteiger partial charge in [0.1, 0.15) is 11.9 Å². The highest BCUT2D eigenvalue weighted by Gasteiger charge is 2.46.